The highest BCUT2D eigenvalue weighted by atomic mass is 15.4. The van der Waals surface area contributed by atoms with Crippen LogP contribution in [0.1, 0.15) is 5.69 Å². The lowest BCUT2D eigenvalue weighted by molar-refractivity contribution is 0.667. The quantitative estimate of drug-likeness (QED) is 0.696. The van der Waals surface area contributed by atoms with Crippen molar-refractivity contribution in [3.63, 3.8) is 0 Å². The zero-order valence-electron chi connectivity index (χ0n) is 10.4. The molecule has 0 bridgehead atoms. The Labute approximate surface area is 109 Å². The number of aromatic nitrogens is 6. The van der Waals surface area contributed by atoms with Crippen LogP contribution in [0.4, 0.5) is 5.69 Å². The molecule has 2 heterocycles. The molecule has 0 radical (unpaired) electrons. The first kappa shape index (κ1) is 11.4. The number of rotatable bonds is 3. The lowest BCUT2D eigenvalue weighted by atomic mass is 10.2. The maximum Gasteiger partial charge on any atom is 0.181 e. The molecule has 0 spiro atoms. The van der Waals surface area contributed by atoms with E-state index in [4.69, 9.17) is 5.73 Å². The van der Waals surface area contributed by atoms with Crippen LogP contribution in [-0.4, -0.2) is 29.8 Å². The van der Waals surface area contributed by atoms with Gasteiger partial charge in [-0.3, -0.25) is 4.68 Å². The molecule has 7 nitrogen and oxygen atoms in total. The highest BCUT2D eigenvalue weighted by molar-refractivity contribution is 5.57. The molecule has 0 amide bonds. The summed E-state index contributed by atoms with van der Waals surface area (Å²) in [4.78, 5) is 4.28. The SMILES string of the molecule is Cn1cc(Cn2cnc(-c3ccc(N)cc3)n2)nn1. The van der Waals surface area contributed by atoms with Gasteiger partial charge in [0, 0.05) is 24.5 Å². The summed E-state index contributed by atoms with van der Waals surface area (Å²) in [7, 11) is 1.83. The first-order valence-corrected chi connectivity index (χ1v) is 5.81. The van der Waals surface area contributed by atoms with Gasteiger partial charge in [0.2, 0.25) is 0 Å². The molecule has 0 aliphatic heterocycles. The molecule has 0 saturated heterocycles. The Kier molecular flexibility index (Phi) is 2.71. The largest absolute Gasteiger partial charge is 0.399 e. The molecule has 0 saturated carbocycles. The standard InChI is InChI=1S/C12H13N7/c1-18-6-11(15-17-18)7-19-8-14-12(16-19)9-2-4-10(13)5-3-9/h2-6,8H,7,13H2,1H3. The van der Waals surface area contributed by atoms with Crippen LogP contribution in [0.15, 0.2) is 36.8 Å². The van der Waals surface area contributed by atoms with Crippen molar-refractivity contribution in [1.29, 1.82) is 0 Å². The number of nitrogen functional groups attached to an aromatic ring is 1. The molecule has 0 unspecified atom stereocenters. The van der Waals surface area contributed by atoms with Crippen molar-refractivity contribution in [1.82, 2.24) is 29.8 Å². The minimum absolute atomic E-state index is 0.551. The zero-order chi connectivity index (χ0) is 13.2. The summed E-state index contributed by atoms with van der Waals surface area (Å²) < 4.78 is 3.39. The Bertz CT molecular complexity index is 680. The van der Waals surface area contributed by atoms with E-state index < -0.39 is 0 Å². The minimum atomic E-state index is 0.551. The van der Waals surface area contributed by atoms with E-state index >= 15 is 0 Å². The van der Waals surface area contributed by atoms with Gasteiger partial charge in [0.15, 0.2) is 5.82 Å². The van der Waals surface area contributed by atoms with E-state index in [1.165, 1.54) is 0 Å². The van der Waals surface area contributed by atoms with Gasteiger partial charge in [-0.15, -0.1) is 5.10 Å². The molecular weight excluding hydrogens is 242 g/mol. The van der Waals surface area contributed by atoms with Crippen molar-refractivity contribution in [3.8, 4) is 11.4 Å². The van der Waals surface area contributed by atoms with Crippen molar-refractivity contribution >= 4 is 5.69 Å². The summed E-state index contributed by atoms with van der Waals surface area (Å²) in [5.74, 6) is 0.670. The number of benzene rings is 1. The van der Waals surface area contributed by atoms with Gasteiger partial charge in [-0.05, 0) is 24.3 Å². The van der Waals surface area contributed by atoms with Crippen LogP contribution in [0.5, 0.6) is 0 Å². The molecule has 19 heavy (non-hydrogen) atoms. The van der Waals surface area contributed by atoms with Gasteiger partial charge in [-0.2, -0.15) is 5.10 Å². The molecule has 3 aromatic rings. The normalized spacial score (nSPS) is 10.8. The summed E-state index contributed by atoms with van der Waals surface area (Å²) in [5, 5.41) is 12.3. The lowest BCUT2D eigenvalue weighted by Crippen LogP contribution is -2.00. The minimum Gasteiger partial charge on any atom is -0.399 e. The van der Waals surface area contributed by atoms with Crippen molar-refractivity contribution < 1.29 is 0 Å². The van der Waals surface area contributed by atoms with E-state index in [-0.39, 0.29) is 0 Å². The van der Waals surface area contributed by atoms with Crippen LogP contribution in [0.2, 0.25) is 0 Å². The highest BCUT2D eigenvalue weighted by Crippen LogP contribution is 2.15. The molecule has 3 rings (SSSR count). The van der Waals surface area contributed by atoms with Gasteiger partial charge in [0.05, 0.1) is 6.54 Å². The summed E-state index contributed by atoms with van der Waals surface area (Å²) in [6.07, 6.45) is 3.53. The number of anilines is 1. The third-order valence-corrected chi connectivity index (χ3v) is 2.68. The average molecular weight is 255 g/mol. The number of aryl methyl sites for hydroxylation is 1. The van der Waals surface area contributed by atoms with Gasteiger partial charge in [-0.1, -0.05) is 5.21 Å². The van der Waals surface area contributed by atoms with Crippen molar-refractivity contribution in [2.24, 2.45) is 7.05 Å². The van der Waals surface area contributed by atoms with E-state index in [9.17, 15) is 0 Å². The molecular formula is C12H13N7. The Hall–Kier alpha value is -2.70. The second kappa shape index (κ2) is 4.52. The number of hydrogen-bond acceptors (Lipinski definition) is 5. The van der Waals surface area contributed by atoms with Crippen LogP contribution in [0, 0.1) is 0 Å². The zero-order valence-corrected chi connectivity index (χ0v) is 10.4. The molecule has 2 N–H and O–H groups in total. The molecule has 96 valence electrons. The third kappa shape index (κ3) is 2.44. The Morgan fingerprint density at radius 1 is 1.21 bits per heavy atom. The number of hydrogen-bond donors (Lipinski definition) is 1. The number of nitrogens with zero attached hydrogens (tertiary/aromatic N) is 6. The molecule has 0 aliphatic rings. The van der Waals surface area contributed by atoms with Crippen LogP contribution >= 0.6 is 0 Å². The molecule has 7 heteroatoms. The first-order chi connectivity index (χ1) is 9.20. The fourth-order valence-electron chi connectivity index (χ4n) is 1.77. The fraction of sp³-hybridized carbons (Fsp3) is 0.167. The van der Waals surface area contributed by atoms with Crippen LogP contribution in [0.3, 0.4) is 0 Å². The van der Waals surface area contributed by atoms with Gasteiger partial charge >= 0.3 is 0 Å². The summed E-state index contributed by atoms with van der Waals surface area (Å²) in [6.45, 7) is 0.551. The first-order valence-electron chi connectivity index (χ1n) is 5.81. The Balaban J connectivity index is 1.81. The maximum atomic E-state index is 5.65. The van der Waals surface area contributed by atoms with Gasteiger partial charge < -0.3 is 5.73 Å². The molecule has 0 atom stereocenters. The van der Waals surface area contributed by atoms with Crippen LogP contribution in [-0.2, 0) is 13.6 Å². The Morgan fingerprint density at radius 2 is 2.00 bits per heavy atom. The smallest absolute Gasteiger partial charge is 0.181 e. The van der Waals surface area contributed by atoms with Gasteiger partial charge in [-0.25, -0.2) is 9.67 Å². The topological polar surface area (TPSA) is 87.4 Å². The maximum absolute atomic E-state index is 5.65. The predicted octanol–water partition coefficient (Wildman–Crippen LogP) is 0.704. The second-order valence-electron chi connectivity index (χ2n) is 4.27. The van der Waals surface area contributed by atoms with E-state index in [1.807, 2.05) is 37.5 Å². The fourth-order valence-corrected chi connectivity index (χ4v) is 1.77. The van der Waals surface area contributed by atoms with Crippen molar-refractivity contribution in [2.75, 3.05) is 5.73 Å². The molecule has 2 aromatic heterocycles. The van der Waals surface area contributed by atoms with Crippen LogP contribution in [0.25, 0.3) is 11.4 Å². The predicted molar refractivity (Wildman–Crippen MR) is 70.0 cm³/mol. The van der Waals surface area contributed by atoms with Crippen molar-refractivity contribution in [3.05, 3.63) is 42.5 Å². The van der Waals surface area contributed by atoms with Crippen LogP contribution < -0.4 is 5.73 Å². The van der Waals surface area contributed by atoms with E-state index in [1.54, 1.807) is 15.7 Å². The number of nitrogens with two attached hydrogens (primary N) is 1. The molecule has 1 aromatic carbocycles. The molecule has 0 aliphatic carbocycles. The third-order valence-electron chi connectivity index (χ3n) is 2.68. The van der Waals surface area contributed by atoms with E-state index in [0.717, 1.165) is 16.9 Å². The van der Waals surface area contributed by atoms with Gasteiger partial charge in [0.1, 0.15) is 12.0 Å². The highest BCUT2D eigenvalue weighted by Gasteiger charge is 2.06. The second-order valence-corrected chi connectivity index (χ2v) is 4.27. The summed E-state index contributed by atoms with van der Waals surface area (Å²) in [5.41, 5.74) is 8.16. The monoisotopic (exact) mass is 255 g/mol. The molecule has 0 fully saturated rings. The Morgan fingerprint density at radius 3 is 2.68 bits per heavy atom. The summed E-state index contributed by atoms with van der Waals surface area (Å²) in [6, 6.07) is 7.46. The summed E-state index contributed by atoms with van der Waals surface area (Å²) >= 11 is 0. The van der Waals surface area contributed by atoms with Gasteiger partial charge in [0.25, 0.3) is 0 Å². The van der Waals surface area contributed by atoms with Crippen molar-refractivity contribution in [2.45, 2.75) is 6.54 Å². The lowest BCUT2D eigenvalue weighted by Gasteiger charge is -1.97. The van der Waals surface area contributed by atoms with E-state index in [0.29, 0.717) is 12.4 Å². The van der Waals surface area contributed by atoms with E-state index in [2.05, 4.69) is 20.4 Å². The average Bonchev–Trinajstić information content (AvgIpc) is 3.00.